The molecule has 3 atom stereocenters. The average Bonchev–Trinajstić information content (AvgIpc) is 2.27. The van der Waals surface area contributed by atoms with Crippen molar-refractivity contribution in [3.8, 4) is 0 Å². The van der Waals surface area contributed by atoms with Crippen molar-refractivity contribution in [3.63, 3.8) is 0 Å². The van der Waals surface area contributed by atoms with E-state index in [1.54, 1.807) is 0 Å². The summed E-state index contributed by atoms with van der Waals surface area (Å²) in [5, 5.41) is 3.29. The molecule has 2 aliphatic carbocycles. The monoisotopic (exact) mass is 238 g/mol. The lowest BCUT2D eigenvalue weighted by Crippen LogP contribution is -2.55. The standard InChI is InChI=1S/C14H26N2O/c1-3-14(7-4-8-14)16-13(17)11-6-5-10(2)12(15)9-11/h10-12H,3-9,15H2,1-2H3,(H,16,17). The topological polar surface area (TPSA) is 55.1 Å². The van der Waals surface area contributed by atoms with E-state index in [1.807, 2.05) is 0 Å². The summed E-state index contributed by atoms with van der Waals surface area (Å²) >= 11 is 0. The second kappa shape index (κ2) is 4.97. The first-order chi connectivity index (χ1) is 8.06. The minimum Gasteiger partial charge on any atom is -0.350 e. The van der Waals surface area contributed by atoms with Gasteiger partial charge in [0.25, 0.3) is 0 Å². The van der Waals surface area contributed by atoms with Gasteiger partial charge in [-0.2, -0.15) is 0 Å². The van der Waals surface area contributed by atoms with E-state index in [4.69, 9.17) is 5.73 Å². The van der Waals surface area contributed by atoms with Gasteiger partial charge in [-0.1, -0.05) is 13.8 Å². The minimum atomic E-state index is 0.129. The number of hydrogen-bond donors (Lipinski definition) is 2. The van der Waals surface area contributed by atoms with Crippen molar-refractivity contribution in [1.82, 2.24) is 5.32 Å². The molecule has 3 N–H and O–H groups in total. The number of rotatable bonds is 3. The first-order valence-electron chi connectivity index (χ1n) is 7.14. The Balaban J connectivity index is 1.88. The molecule has 0 bridgehead atoms. The number of amides is 1. The van der Waals surface area contributed by atoms with Crippen LogP contribution < -0.4 is 11.1 Å². The van der Waals surface area contributed by atoms with Gasteiger partial charge < -0.3 is 11.1 Å². The molecule has 2 fully saturated rings. The average molecular weight is 238 g/mol. The van der Waals surface area contributed by atoms with Crippen LogP contribution in [0.4, 0.5) is 0 Å². The Morgan fingerprint density at radius 2 is 2.12 bits per heavy atom. The van der Waals surface area contributed by atoms with E-state index >= 15 is 0 Å². The van der Waals surface area contributed by atoms with Crippen LogP contribution >= 0.6 is 0 Å². The van der Waals surface area contributed by atoms with Crippen molar-refractivity contribution in [2.75, 3.05) is 0 Å². The van der Waals surface area contributed by atoms with Gasteiger partial charge in [0, 0.05) is 17.5 Å². The van der Waals surface area contributed by atoms with Gasteiger partial charge in [-0.3, -0.25) is 4.79 Å². The maximum atomic E-state index is 12.3. The molecule has 3 heteroatoms. The van der Waals surface area contributed by atoms with E-state index in [2.05, 4.69) is 19.2 Å². The number of carbonyl (C=O) groups is 1. The molecule has 0 saturated heterocycles. The maximum Gasteiger partial charge on any atom is 0.223 e. The zero-order valence-electron chi connectivity index (χ0n) is 11.2. The Kier molecular flexibility index (Phi) is 3.76. The number of nitrogens with two attached hydrogens (primary N) is 1. The van der Waals surface area contributed by atoms with Crippen LogP contribution in [0.3, 0.4) is 0 Å². The van der Waals surface area contributed by atoms with Crippen molar-refractivity contribution in [3.05, 3.63) is 0 Å². The fourth-order valence-electron chi connectivity index (χ4n) is 3.13. The molecule has 0 aromatic rings. The largest absolute Gasteiger partial charge is 0.350 e. The summed E-state index contributed by atoms with van der Waals surface area (Å²) in [7, 11) is 0. The van der Waals surface area contributed by atoms with Crippen molar-refractivity contribution < 1.29 is 4.79 Å². The molecule has 0 radical (unpaired) electrons. The SMILES string of the molecule is CCC1(NC(=O)C2CCC(C)C(N)C2)CCC1. The molecule has 2 aliphatic rings. The molecular formula is C14H26N2O. The van der Waals surface area contributed by atoms with E-state index in [9.17, 15) is 4.79 Å². The highest BCUT2D eigenvalue weighted by atomic mass is 16.2. The highest BCUT2D eigenvalue weighted by Crippen LogP contribution is 2.36. The molecule has 0 aromatic carbocycles. The zero-order valence-corrected chi connectivity index (χ0v) is 11.2. The molecule has 0 aliphatic heterocycles. The molecular weight excluding hydrogens is 212 g/mol. The molecule has 17 heavy (non-hydrogen) atoms. The molecule has 0 aromatic heterocycles. The Labute approximate surface area is 105 Å². The Morgan fingerprint density at radius 1 is 1.41 bits per heavy atom. The predicted octanol–water partition coefficient (Wildman–Crippen LogP) is 2.20. The van der Waals surface area contributed by atoms with Crippen molar-refractivity contribution in [1.29, 1.82) is 0 Å². The van der Waals surface area contributed by atoms with Crippen LogP contribution in [0.5, 0.6) is 0 Å². The van der Waals surface area contributed by atoms with Crippen LogP contribution in [0.15, 0.2) is 0 Å². The summed E-state index contributed by atoms with van der Waals surface area (Å²) in [6, 6.07) is 0.207. The molecule has 98 valence electrons. The smallest absolute Gasteiger partial charge is 0.223 e. The van der Waals surface area contributed by atoms with Crippen LogP contribution in [-0.4, -0.2) is 17.5 Å². The van der Waals surface area contributed by atoms with Gasteiger partial charge in [0.1, 0.15) is 0 Å². The summed E-state index contributed by atoms with van der Waals surface area (Å²) < 4.78 is 0. The van der Waals surface area contributed by atoms with Gasteiger partial charge >= 0.3 is 0 Å². The maximum absolute atomic E-state index is 12.3. The third-order valence-electron chi connectivity index (χ3n) is 5.00. The van der Waals surface area contributed by atoms with E-state index in [0.29, 0.717) is 5.92 Å². The summed E-state index contributed by atoms with van der Waals surface area (Å²) in [6.45, 7) is 4.37. The molecule has 3 nitrogen and oxygen atoms in total. The lowest BCUT2D eigenvalue weighted by molar-refractivity contribution is -0.129. The summed E-state index contributed by atoms with van der Waals surface area (Å²) in [4.78, 5) is 12.3. The molecule has 2 rings (SSSR count). The van der Waals surface area contributed by atoms with Crippen molar-refractivity contribution in [2.45, 2.75) is 70.4 Å². The van der Waals surface area contributed by atoms with Crippen molar-refractivity contribution >= 4 is 5.91 Å². The van der Waals surface area contributed by atoms with Crippen LogP contribution in [-0.2, 0) is 4.79 Å². The Bertz CT molecular complexity index is 280. The molecule has 0 heterocycles. The summed E-state index contributed by atoms with van der Waals surface area (Å²) in [5.41, 5.74) is 6.20. The number of nitrogens with one attached hydrogen (secondary N) is 1. The summed E-state index contributed by atoms with van der Waals surface area (Å²) in [5.74, 6) is 0.988. The Hall–Kier alpha value is -0.570. The molecule has 3 unspecified atom stereocenters. The van der Waals surface area contributed by atoms with Gasteiger partial charge in [-0.05, 0) is 50.9 Å². The van der Waals surface area contributed by atoms with Crippen LogP contribution in [0, 0.1) is 11.8 Å². The number of carbonyl (C=O) groups excluding carboxylic acids is 1. The summed E-state index contributed by atoms with van der Waals surface area (Å²) in [6.07, 6.45) is 7.61. The number of hydrogen-bond acceptors (Lipinski definition) is 2. The predicted molar refractivity (Wildman–Crippen MR) is 69.5 cm³/mol. The van der Waals surface area contributed by atoms with Gasteiger partial charge in [-0.15, -0.1) is 0 Å². The fourth-order valence-corrected chi connectivity index (χ4v) is 3.13. The normalized spacial score (nSPS) is 36.1. The van der Waals surface area contributed by atoms with Gasteiger partial charge in [-0.25, -0.2) is 0 Å². The molecule has 2 saturated carbocycles. The van der Waals surface area contributed by atoms with E-state index in [1.165, 1.54) is 6.42 Å². The van der Waals surface area contributed by atoms with Crippen LogP contribution in [0.1, 0.15) is 58.8 Å². The molecule has 1 amide bonds. The third kappa shape index (κ3) is 2.65. The Morgan fingerprint density at radius 3 is 2.59 bits per heavy atom. The van der Waals surface area contributed by atoms with Crippen LogP contribution in [0.25, 0.3) is 0 Å². The zero-order chi connectivity index (χ0) is 12.5. The lowest BCUT2D eigenvalue weighted by Gasteiger charge is -2.43. The lowest BCUT2D eigenvalue weighted by atomic mass is 9.73. The minimum absolute atomic E-state index is 0.129. The van der Waals surface area contributed by atoms with E-state index < -0.39 is 0 Å². The second-order valence-corrected chi connectivity index (χ2v) is 6.13. The quantitative estimate of drug-likeness (QED) is 0.792. The van der Waals surface area contributed by atoms with Gasteiger partial charge in [0.05, 0.1) is 0 Å². The first-order valence-corrected chi connectivity index (χ1v) is 7.14. The second-order valence-electron chi connectivity index (χ2n) is 6.13. The van der Waals surface area contributed by atoms with E-state index in [-0.39, 0.29) is 23.4 Å². The van der Waals surface area contributed by atoms with Gasteiger partial charge in [0.2, 0.25) is 5.91 Å². The first kappa shape index (κ1) is 12.9. The van der Waals surface area contributed by atoms with Crippen LogP contribution in [0.2, 0.25) is 0 Å². The highest BCUT2D eigenvalue weighted by molar-refractivity contribution is 5.79. The molecule has 0 spiro atoms. The highest BCUT2D eigenvalue weighted by Gasteiger charge is 2.39. The van der Waals surface area contributed by atoms with E-state index in [0.717, 1.165) is 38.5 Å². The van der Waals surface area contributed by atoms with Gasteiger partial charge in [0.15, 0.2) is 0 Å². The fraction of sp³-hybridized carbons (Fsp3) is 0.929. The van der Waals surface area contributed by atoms with Crippen molar-refractivity contribution in [2.24, 2.45) is 17.6 Å². The third-order valence-corrected chi connectivity index (χ3v) is 5.00.